The number of anilines is 1. The molecule has 6 heteroatoms. The zero-order valence-electron chi connectivity index (χ0n) is 16.8. The van der Waals surface area contributed by atoms with Gasteiger partial charge in [0.2, 0.25) is 0 Å². The highest BCUT2D eigenvalue weighted by Crippen LogP contribution is 2.29. The fourth-order valence-electron chi connectivity index (χ4n) is 3.11. The summed E-state index contributed by atoms with van der Waals surface area (Å²) in [5, 5.41) is 6.70. The summed E-state index contributed by atoms with van der Waals surface area (Å²) in [6, 6.07) is 22.0. The third-order valence-corrected chi connectivity index (χ3v) is 4.93. The van der Waals surface area contributed by atoms with E-state index in [0.29, 0.717) is 16.3 Å². The maximum atomic E-state index is 12.8. The number of hydrogen-bond donors (Lipinski definition) is 2. The summed E-state index contributed by atoms with van der Waals surface area (Å²) in [4.78, 5) is 24.5. The number of rotatable bonds is 7. The van der Waals surface area contributed by atoms with E-state index in [4.69, 9.17) is 16.3 Å². The summed E-state index contributed by atoms with van der Waals surface area (Å²) < 4.78 is 4.77. The van der Waals surface area contributed by atoms with E-state index in [1.807, 2.05) is 55.5 Å². The molecule has 0 spiro atoms. The molecule has 0 saturated heterocycles. The maximum Gasteiger partial charge on any atom is 0.319 e. The molecule has 2 N–H and O–H groups in total. The lowest BCUT2D eigenvalue weighted by Gasteiger charge is -2.22. The van der Waals surface area contributed by atoms with Crippen LogP contribution in [0.25, 0.3) is 0 Å². The first-order chi connectivity index (χ1) is 14.5. The van der Waals surface area contributed by atoms with Gasteiger partial charge in [-0.3, -0.25) is 14.9 Å². The van der Waals surface area contributed by atoms with Crippen molar-refractivity contribution in [1.82, 2.24) is 5.32 Å². The smallest absolute Gasteiger partial charge is 0.319 e. The minimum absolute atomic E-state index is 0.0334. The molecule has 0 aliphatic carbocycles. The van der Waals surface area contributed by atoms with E-state index in [-0.39, 0.29) is 24.5 Å². The second kappa shape index (κ2) is 10.1. The van der Waals surface area contributed by atoms with Crippen molar-refractivity contribution in [2.75, 3.05) is 19.0 Å². The molecule has 0 saturated carbocycles. The van der Waals surface area contributed by atoms with Gasteiger partial charge in [-0.05, 0) is 42.3 Å². The highest BCUT2D eigenvalue weighted by atomic mass is 35.5. The number of amides is 1. The average Bonchev–Trinajstić information content (AvgIpc) is 2.75. The van der Waals surface area contributed by atoms with Crippen molar-refractivity contribution >= 4 is 29.2 Å². The molecule has 1 atom stereocenters. The lowest BCUT2D eigenvalue weighted by atomic mass is 9.96. The minimum atomic E-state index is -0.368. The minimum Gasteiger partial charge on any atom is -0.468 e. The third-order valence-electron chi connectivity index (χ3n) is 4.70. The molecule has 5 nitrogen and oxygen atoms in total. The molecule has 0 bridgehead atoms. The SMILES string of the molecule is COC(=O)CN[C@@H](c1ccc(C)cc1)c1ccccc1NC(=O)c1cccc(Cl)c1. The largest absolute Gasteiger partial charge is 0.468 e. The average molecular weight is 423 g/mol. The number of methoxy groups -OCH3 is 1. The number of hydrogen-bond acceptors (Lipinski definition) is 4. The van der Waals surface area contributed by atoms with Crippen molar-refractivity contribution in [3.8, 4) is 0 Å². The monoisotopic (exact) mass is 422 g/mol. The Labute approximate surface area is 181 Å². The molecule has 0 heterocycles. The highest BCUT2D eigenvalue weighted by molar-refractivity contribution is 6.31. The van der Waals surface area contributed by atoms with Crippen LogP contribution < -0.4 is 10.6 Å². The van der Waals surface area contributed by atoms with Gasteiger partial charge in [0.15, 0.2) is 0 Å². The molecule has 0 aromatic heterocycles. The number of benzene rings is 3. The van der Waals surface area contributed by atoms with Gasteiger partial charge in [0.05, 0.1) is 19.7 Å². The lowest BCUT2D eigenvalue weighted by Crippen LogP contribution is -2.30. The van der Waals surface area contributed by atoms with E-state index in [1.54, 1.807) is 24.3 Å². The van der Waals surface area contributed by atoms with Crippen LogP contribution in [0.1, 0.15) is 33.1 Å². The van der Waals surface area contributed by atoms with Crippen LogP contribution in [0.5, 0.6) is 0 Å². The Morgan fingerprint density at radius 3 is 2.43 bits per heavy atom. The number of para-hydroxylation sites is 1. The van der Waals surface area contributed by atoms with E-state index >= 15 is 0 Å². The molecule has 0 aliphatic rings. The van der Waals surface area contributed by atoms with Crippen molar-refractivity contribution in [3.63, 3.8) is 0 Å². The van der Waals surface area contributed by atoms with Crippen molar-refractivity contribution in [2.24, 2.45) is 0 Å². The van der Waals surface area contributed by atoms with E-state index in [0.717, 1.165) is 16.7 Å². The molecule has 3 aromatic carbocycles. The Hall–Kier alpha value is -3.15. The van der Waals surface area contributed by atoms with Crippen LogP contribution in [0, 0.1) is 6.92 Å². The van der Waals surface area contributed by atoms with Crippen molar-refractivity contribution in [2.45, 2.75) is 13.0 Å². The first-order valence-corrected chi connectivity index (χ1v) is 9.88. The number of carbonyl (C=O) groups excluding carboxylic acids is 2. The number of aryl methyl sites for hydroxylation is 1. The van der Waals surface area contributed by atoms with Gasteiger partial charge in [0.1, 0.15) is 0 Å². The van der Waals surface area contributed by atoms with Crippen LogP contribution >= 0.6 is 11.6 Å². The zero-order chi connectivity index (χ0) is 21.5. The summed E-state index contributed by atoms with van der Waals surface area (Å²) >= 11 is 6.02. The van der Waals surface area contributed by atoms with Crippen LogP contribution in [-0.4, -0.2) is 25.5 Å². The topological polar surface area (TPSA) is 67.4 Å². The Bertz CT molecular complexity index is 1030. The van der Waals surface area contributed by atoms with Gasteiger partial charge in [-0.15, -0.1) is 0 Å². The van der Waals surface area contributed by atoms with Gasteiger partial charge in [0, 0.05) is 16.3 Å². The number of ether oxygens (including phenoxy) is 1. The van der Waals surface area contributed by atoms with Crippen molar-refractivity contribution < 1.29 is 14.3 Å². The standard InChI is InChI=1S/C24H23ClN2O3/c1-16-10-12-17(13-11-16)23(26-15-22(28)30-2)20-8-3-4-9-21(20)27-24(29)18-6-5-7-19(25)14-18/h3-14,23,26H,15H2,1-2H3,(H,27,29)/t23-/m0/s1. The van der Waals surface area contributed by atoms with Gasteiger partial charge < -0.3 is 10.1 Å². The summed E-state index contributed by atoms with van der Waals surface area (Å²) in [6.45, 7) is 2.05. The molecule has 0 fully saturated rings. The van der Waals surface area contributed by atoms with E-state index in [2.05, 4.69) is 10.6 Å². The third kappa shape index (κ3) is 5.47. The number of carbonyl (C=O) groups is 2. The van der Waals surface area contributed by atoms with Crippen LogP contribution in [0.15, 0.2) is 72.8 Å². The van der Waals surface area contributed by atoms with Gasteiger partial charge in [0.25, 0.3) is 5.91 Å². The summed E-state index contributed by atoms with van der Waals surface area (Å²) in [5.74, 6) is -0.631. The Balaban J connectivity index is 1.94. The first-order valence-electron chi connectivity index (χ1n) is 9.50. The van der Waals surface area contributed by atoms with Crippen molar-refractivity contribution in [3.05, 3.63) is 100 Å². The van der Waals surface area contributed by atoms with Crippen LogP contribution in [0.2, 0.25) is 5.02 Å². The Kier molecular flexibility index (Phi) is 7.22. The molecule has 154 valence electrons. The fourth-order valence-corrected chi connectivity index (χ4v) is 3.30. The molecular formula is C24H23ClN2O3. The zero-order valence-corrected chi connectivity index (χ0v) is 17.6. The number of nitrogens with one attached hydrogen (secondary N) is 2. The predicted octanol–water partition coefficient (Wildman–Crippen LogP) is 4.75. The van der Waals surface area contributed by atoms with E-state index in [1.165, 1.54) is 7.11 Å². The van der Waals surface area contributed by atoms with Gasteiger partial charge in [-0.25, -0.2) is 0 Å². The van der Waals surface area contributed by atoms with Gasteiger partial charge in [-0.1, -0.05) is 65.7 Å². The Morgan fingerprint density at radius 2 is 1.73 bits per heavy atom. The first kappa shape index (κ1) is 21.6. The second-order valence-corrected chi connectivity index (χ2v) is 7.29. The molecule has 1 amide bonds. The predicted molar refractivity (Wildman–Crippen MR) is 119 cm³/mol. The van der Waals surface area contributed by atoms with Crippen LogP contribution in [0.3, 0.4) is 0 Å². The van der Waals surface area contributed by atoms with E-state index in [9.17, 15) is 9.59 Å². The number of halogens is 1. The summed E-state index contributed by atoms with van der Waals surface area (Å²) in [5.41, 5.74) is 4.04. The molecular weight excluding hydrogens is 400 g/mol. The molecule has 0 aliphatic heterocycles. The van der Waals surface area contributed by atoms with Gasteiger partial charge in [-0.2, -0.15) is 0 Å². The maximum absolute atomic E-state index is 12.8. The van der Waals surface area contributed by atoms with Crippen molar-refractivity contribution in [1.29, 1.82) is 0 Å². The summed E-state index contributed by atoms with van der Waals surface area (Å²) in [7, 11) is 1.35. The van der Waals surface area contributed by atoms with Gasteiger partial charge >= 0.3 is 5.97 Å². The number of esters is 1. The fraction of sp³-hybridized carbons (Fsp3) is 0.167. The molecule has 3 rings (SSSR count). The Morgan fingerprint density at radius 1 is 1.00 bits per heavy atom. The van der Waals surface area contributed by atoms with E-state index < -0.39 is 0 Å². The lowest BCUT2D eigenvalue weighted by molar-refractivity contribution is -0.139. The van der Waals surface area contributed by atoms with Crippen LogP contribution in [-0.2, 0) is 9.53 Å². The molecule has 3 aromatic rings. The summed E-state index contributed by atoms with van der Waals surface area (Å²) in [6.07, 6.45) is 0. The molecule has 30 heavy (non-hydrogen) atoms. The second-order valence-electron chi connectivity index (χ2n) is 6.85. The quantitative estimate of drug-likeness (QED) is 0.539. The molecule has 0 radical (unpaired) electrons. The normalized spacial score (nSPS) is 11.6. The van der Waals surface area contributed by atoms with Crippen LogP contribution in [0.4, 0.5) is 5.69 Å². The highest BCUT2D eigenvalue weighted by Gasteiger charge is 2.20. The molecule has 0 unspecified atom stereocenters.